The molecule has 0 fully saturated rings. The first-order valence-electron chi connectivity index (χ1n) is 6.84. The Labute approximate surface area is 125 Å². The highest BCUT2D eigenvalue weighted by atomic mass is 16.5. The molecule has 0 radical (unpaired) electrons. The van der Waals surface area contributed by atoms with Gasteiger partial charge >= 0.3 is 0 Å². The summed E-state index contributed by atoms with van der Waals surface area (Å²) in [6.45, 7) is 0.0164. The Morgan fingerprint density at radius 3 is 1.90 bits per heavy atom. The zero-order valence-electron chi connectivity index (χ0n) is 12.4. The van der Waals surface area contributed by atoms with E-state index in [0.717, 1.165) is 29.1 Å². The van der Waals surface area contributed by atoms with Crippen LogP contribution in [0.15, 0.2) is 54.6 Å². The molecule has 0 saturated heterocycles. The van der Waals surface area contributed by atoms with Crippen LogP contribution in [0.5, 0.6) is 11.5 Å². The fourth-order valence-corrected chi connectivity index (χ4v) is 2.08. The number of aliphatic hydroxyl groups excluding tert-OH is 1. The number of methoxy groups -OCH3 is 2. The lowest BCUT2D eigenvalue weighted by Crippen LogP contribution is -1.93. The molecular weight excluding hydrogens is 264 g/mol. The quantitative estimate of drug-likeness (QED) is 0.884. The molecule has 21 heavy (non-hydrogen) atoms. The number of hydrogen-bond donors (Lipinski definition) is 1. The SMILES string of the molecule is COc1ccc(C/C=C(/CO)c2ccc(OC)cc2)cc1. The third-order valence-electron chi connectivity index (χ3n) is 3.37. The second-order valence-electron chi connectivity index (χ2n) is 4.67. The molecule has 1 N–H and O–H groups in total. The molecule has 0 heterocycles. The fraction of sp³-hybridized carbons (Fsp3) is 0.222. The van der Waals surface area contributed by atoms with Gasteiger partial charge in [-0.2, -0.15) is 0 Å². The summed E-state index contributed by atoms with van der Waals surface area (Å²) in [5, 5.41) is 9.55. The minimum Gasteiger partial charge on any atom is -0.497 e. The van der Waals surface area contributed by atoms with Crippen molar-refractivity contribution in [3.05, 3.63) is 65.7 Å². The van der Waals surface area contributed by atoms with Gasteiger partial charge in [-0.3, -0.25) is 0 Å². The van der Waals surface area contributed by atoms with Crippen molar-refractivity contribution < 1.29 is 14.6 Å². The molecule has 3 nitrogen and oxygen atoms in total. The molecule has 0 amide bonds. The fourth-order valence-electron chi connectivity index (χ4n) is 2.08. The average molecular weight is 284 g/mol. The van der Waals surface area contributed by atoms with Crippen LogP contribution in [0.4, 0.5) is 0 Å². The van der Waals surface area contributed by atoms with Gasteiger partial charge in [-0.25, -0.2) is 0 Å². The highest BCUT2D eigenvalue weighted by molar-refractivity contribution is 5.67. The van der Waals surface area contributed by atoms with E-state index in [1.807, 2.05) is 54.6 Å². The van der Waals surface area contributed by atoms with Crippen LogP contribution in [-0.2, 0) is 6.42 Å². The summed E-state index contributed by atoms with van der Waals surface area (Å²) in [6.07, 6.45) is 2.82. The van der Waals surface area contributed by atoms with Crippen molar-refractivity contribution in [1.29, 1.82) is 0 Å². The zero-order chi connectivity index (χ0) is 15.1. The van der Waals surface area contributed by atoms with E-state index in [-0.39, 0.29) is 6.61 Å². The van der Waals surface area contributed by atoms with E-state index in [9.17, 15) is 5.11 Å². The van der Waals surface area contributed by atoms with Gasteiger partial charge in [-0.05, 0) is 47.4 Å². The predicted molar refractivity (Wildman–Crippen MR) is 84.8 cm³/mol. The highest BCUT2D eigenvalue weighted by Crippen LogP contribution is 2.19. The van der Waals surface area contributed by atoms with Crippen LogP contribution in [0.1, 0.15) is 11.1 Å². The maximum Gasteiger partial charge on any atom is 0.118 e. The number of allylic oxidation sites excluding steroid dienone is 1. The highest BCUT2D eigenvalue weighted by Gasteiger charge is 2.01. The van der Waals surface area contributed by atoms with Gasteiger partial charge in [0.25, 0.3) is 0 Å². The molecule has 0 aromatic heterocycles. The lowest BCUT2D eigenvalue weighted by Gasteiger charge is -2.07. The Morgan fingerprint density at radius 1 is 0.905 bits per heavy atom. The molecule has 2 rings (SSSR count). The van der Waals surface area contributed by atoms with Gasteiger partial charge < -0.3 is 14.6 Å². The Morgan fingerprint density at radius 2 is 1.43 bits per heavy atom. The molecule has 110 valence electrons. The largest absolute Gasteiger partial charge is 0.497 e. The molecule has 2 aromatic rings. The summed E-state index contributed by atoms with van der Waals surface area (Å²) in [7, 11) is 3.30. The molecule has 3 heteroatoms. The number of ether oxygens (including phenoxy) is 2. The van der Waals surface area contributed by atoms with Crippen LogP contribution < -0.4 is 9.47 Å². The minimum absolute atomic E-state index is 0.0164. The van der Waals surface area contributed by atoms with Crippen molar-refractivity contribution in [2.45, 2.75) is 6.42 Å². The molecule has 0 saturated carbocycles. The van der Waals surface area contributed by atoms with Crippen LogP contribution in [0.25, 0.3) is 5.57 Å². The smallest absolute Gasteiger partial charge is 0.118 e. The Balaban J connectivity index is 2.11. The van der Waals surface area contributed by atoms with Crippen molar-refractivity contribution in [3.63, 3.8) is 0 Å². The molecule has 0 bridgehead atoms. The van der Waals surface area contributed by atoms with Crippen molar-refractivity contribution in [1.82, 2.24) is 0 Å². The van der Waals surface area contributed by atoms with Crippen LogP contribution >= 0.6 is 0 Å². The summed E-state index contributed by atoms with van der Waals surface area (Å²) >= 11 is 0. The predicted octanol–water partition coefficient (Wildman–Crippen LogP) is 3.32. The van der Waals surface area contributed by atoms with Crippen LogP contribution in [0, 0.1) is 0 Å². The monoisotopic (exact) mass is 284 g/mol. The summed E-state index contributed by atoms with van der Waals surface area (Å²) < 4.78 is 10.3. The number of hydrogen-bond acceptors (Lipinski definition) is 3. The Bertz CT molecular complexity index is 583. The van der Waals surface area contributed by atoms with E-state index in [4.69, 9.17) is 9.47 Å². The summed E-state index contributed by atoms with van der Waals surface area (Å²) in [5.74, 6) is 1.66. The maximum atomic E-state index is 9.55. The van der Waals surface area contributed by atoms with Crippen molar-refractivity contribution >= 4 is 5.57 Å². The molecular formula is C18H20O3. The lowest BCUT2D eigenvalue weighted by atomic mass is 10.0. The molecule has 0 aliphatic rings. The Hall–Kier alpha value is -2.26. The van der Waals surface area contributed by atoms with E-state index in [0.29, 0.717) is 0 Å². The van der Waals surface area contributed by atoms with Crippen LogP contribution in [0.3, 0.4) is 0 Å². The van der Waals surface area contributed by atoms with Crippen LogP contribution in [0.2, 0.25) is 0 Å². The van der Waals surface area contributed by atoms with Crippen LogP contribution in [-0.4, -0.2) is 25.9 Å². The number of aliphatic hydroxyl groups is 1. The van der Waals surface area contributed by atoms with E-state index in [2.05, 4.69) is 0 Å². The van der Waals surface area contributed by atoms with E-state index < -0.39 is 0 Å². The first-order chi connectivity index (χ1) is 10.3. The minimum atomic E-state index is 0.0164. The van der Waals surface area contributed by atoms with Gasteiger partial charge in [-0.15, -0.1) is 0 Å². The second kappa shape index (κ2) is 7.50. The van der Waals surface area contributed by atoms with Gasteiger partial charge in [0.05, 0.1) is 20.8 Å². The third-order valence-corrected chi connectivity index (χ3v) is 3.37. The molecule has 0 aliphatic carbocycles. The summed E-state index contributed by atoms with van der Waals surface area (Å²) in [5.41, 5.74) is 3.09. The normalized spacial score (nSPS) is 11.3. The number of rotatable bonds is 6. The first-order valence-corrected chi connectivity index (χ1v) is 6.84. The van der Waals surface area contributed by atoms with Gasteiger partial charge in [-0.1, -0.05) is 30.3 Å². The zero-order valence-corrected chi connectivity index (χ0v) is 12.4. The van der Waals surface area contributed by atoms with Crippen molar-refractivity contribution in [2.75, 3.05) is 20.8 Å². The lowest BCUT2D eigenvalue weighted by molar-refractivity contribution is 0.350. The topological polar surface area (TPSA) is 38.7 Å². The average Bonchev–Trinajstić information content (AvgIpc) is 2.56. The third kappa shape index (κ3) is 4.10. The van der Waals surface area contributed by atoms with Gasteiger partial charge in [0.2, 0.25) is 0 Å². The second-order valence-corrected chi connectivity index (χ2v) is 4.67. The molecule has 0 spiro atoms. The van der Waals surface area contributed by atoms with E-state index in [1.54, 1.807) is 14.2 Å². The maximum absolute atomic E-state index is 9.55. The molecule has 0 aliphatic heterocycles. The molecule has 0 atom stereocenters. The number of benzene rings is 2. The van der Waals surface area contributed by atoms with E-state index >= 15 is 0 Å². The van der Waals surface area contributed by atoms with E-state index in [1.165, 1.54) is 5.56 Å². The Kier molecular flexibility index (Phi) is 5.41. The molecule has 0 unspecified atom stereocenters. The van der Waals surface area contributed by atoms with Crippen molar-refractivity contribution in [3.8, 4) is 11.5 Å². The van der Waals surface area contributed by atoms with Gasteiger partial charge in [0.1, 0.15) is 11.5 Å². The van der Waals surface area contributed by atoms with Gasteiger partial charge in [0, 0.05) is 0 Å². The standard InChI is InChI=1S/C18H20O3/c1-20-17-9-4-14(5-10-17)3-6-16(13-19)15-7-11-18(21-2)12-8-15/h4-12,19H,3,13H2,1-2H3/b16-6-. The first kappa shape index (κ1) is 15.1. The summed E-state index contributed by atoms with van der Waals surface area (Å²) in [6, 6.07) is 15.6. The molecule has 2 aromatic carbocycles. The van der Waals surface area contributed by atoms with Gasteiger partial charge in [0.15, 0.2) is 0 Å². The summed E-state index contributed by atoms with van der Waals surface area (Å²) in [4.78, 5) is 0. The van der Waals surface area contributed by atoms with Crippen molar-refractivity contribution in [2.24, 2.45) is 0 Å².